The highest BCUT2D eigenvalue weighted by molar-refractivity contribution is 5.74. The fraction of sp³-hybridized carbons (Fsp3) is 0.522. The van der Waals surface area contributed by atoms with Gasteiger partial charge in [0.2, 0.25) is 5.95 Å². The summed E-state index contributed by atoms with van der Waals surface area (Å²) >= 11 is 0. The number of aromatic nitrogens is 4. The third kappa shape index (κ3) is 4.17. The van der Waals surface area contributed by atoms with Crippen molar-refractivity contribution in [2.75, 3.05) is 31.1 Å². The number of hydrogen-bond acceptors (Lipinski definition) is 5. The van der Waals surface area contributed by atoms with Crippen LogP contribution in [0.1, 0.15) is 25.8 Å². The molecule has 1 aromatic carbocycles. The summed E-state index contributed by atoms with van der Waals surface area (Å²) in [6, 6.07) is 10.5. The molecule has 0 bridgehead atoms. The monoisotopic (exact) mass is 424 g/mol. The number of imidazole rings is 1. The Hall–Kier alpha value is -2.87. The number of rotatable bonds is 6. The lowest BCUT2D eigenvalue weighted by atomic mass is 10.1. The zero-order valence-electron chi connectivity index (χ0n) is 18.9. The molecule has 3 aromatic rings. The number of aryl methyl sites for hydroxylation is 2. The third-order valence-electron chi connectivity index (χ3n) is 6.16. The summed E-state index contributed by atoms with van der Waals surface area (Å²) in [7, 11) is 3.22. The van der Waals surface area contributed by atoms with Crippen LogP contribution in [0, 0.1) is 5.92 Å². The third-order valence-corrected chi connectivity index (χ3v) is 6.16. The molecule has 0 radical (unpaired) electrons. The first-order valence-corrected chi connectivity index (χ1v) is 11.0. The van der Waals surface area contributed by atoms with Gasteiger partial charge in [-0.1, -0.05) is 44.2 Å². The summed E-state index contributed by atoms with van der Waals surface area (Å²) in [6.07, 6.45) is 0.943. The Labute approximate surface area is 182 Å². The Morgan fingerprint density at radius 1 is 0.968 bits per heavy atom. The van der Waals surface area contributed by atoms with E-state index in [2.05, 4.69) is 47.9 Å². The molecule has 0 unspecified atom stereocenters. The molecule has 4 rings (SSSR count). The van der Waals surface area contributed by atoms with Crippen LogP contribution in [0.4, 0.5) is 5.95 Å². The van der Waals surface area contributed by atoms with Crippen LogP contribution in [0.25, 0.3) is 11.2 Å². The zero-order chi connectivity index (χ0) is 22.1. The Bertz CT molecular complexity index is 1170. The predicted octanol–water partition coefficient (Wildman–Crippen LogP) is 1.80. The van der Waals surface area contributed by atoms with Gasteiger partial charge in [-0.15, -0.1) is 0 Å². The molecule has 1 fully saturated rings. The standard InChI is InChI=1S/C23H32N6O2/c1-17(2)10-11-29-19-20(25(3)23(31)26(4)21(19)30)24-22(29)28-14-12-27(13-15-28)16-18-8-6-5-7-9-18/h5-9,17H,10-16H2,1-4H3. The van der Waals surface area contributed by atoms with E-state index in [1.807, 2.05) is 10.6 Å². The van der Waals surface area contributed by atoms with Crippen molar-refractivity contribution in [1.82, 2.24) is 23.6 Å². The highest BCUT2D eigenvalue weighted by Gasteiger charge is 2.25. The van der Waals surface area contributed by atoms with Crippen molar-refractivity contribution in [3.63, 3.8) is 0 Å². The van der Waals surface area contributed by atoms with Crippen LogP contribution in [0.3, 0.4) is 0 Å². The van der Waals surface area contributed by atoms with E-state index in [0.29, 0.717) is 23.6 Å². The molecule has 1 aliphatic heterocycles. The van der Waals surface area contributed by atoms with E-state index in [1.54, 1.807) is 7.05 Å². The summed E-state index contributed by atoms with van der Waals surface area (Å²) in [4.78, 5) is 34.9. The number of piperazine rings is 1. The van der Waals surface area contributed by atoms with E-state index in [0.717, 1.165) is 45.1 Å². The quantitative estimate of drug-likeness (QED) is 0.604. The summed E-state index contributed by atoms with van der Waals surface area (Å²) in [5.74, 6) is 1.30. The van der Waals surface area contributed by atoms with Crippen LogP contribution < -0.4 is 16.1 Å². The van der Waals surface area contributed by atoms with Crippen LogP contribution in [-0.4, -0.2) is 49.8 Å². The molecule has 8 nitrogen and oxygen atoms in total. The van der Waals surface area contributed by atoms with E-state index in [4.69, 9.17) is 4.98 Å². The normalized spacial score (nSPS) is 15.3. The summed E-state index contributed by atoms with van der Waals surface area (Å²) < 4.78 is 4.69. The van der Waals surface area contributed by atoms with Crippen LogP contribution >= 0.6 is 0 Å². The molecular weight excluding hydrogens is 392 g/mol. The average Bonchev–Trinajstić information content (AvgIpc) is 3.15. The first kappa shape index (κ1) is 21.4. The van der Waals surface area contributed by atoms with Gasteiger partial charge in [-0.25, -0.2) is 4.79 Å². The Kier molecular flexibility index (Phi) is 6.00. The molecule has 31 heavy (non-hydrogen) atoms. The number of fused-ring (bicyclic) bond motifs is 1. The molecule has 0 saturated carbocycles. The van der Waals surface area contributed by atoms with Crippen molar-refractivity contribution in [2.24, 2.45) is 20.0 Å². The minimum atomic E-state index is -0.342. The van der Waals surface area contributed by atoms with Gasteiger partial charge in [0, 0.05) is 53.4 Å². The molecule has 8 heteroatoms. The maximum absolute atomic E-state index is 13.0. The molecule has 0 N–H and O–H groups in total. The maximum Gasteiger partial charge on any atom is 0.332 e. The van der Waals surface area contributed by atoms with Crippen molar-refractivity contribution in [1.29, 1.82) is 0 Å². The minimum Gasteiger partial charge on any atom is -0.340 e. The highest BCUT2D eigenvalue weighted by Crippen LogP contribution is 2.23. The predicted molar refractivity (Wildman–Crippen MR) is 124 cm³/mol. The van der Waals surface area contributed by atoms with E-state index in [9.17, 15) is 9.59 Å². The second-order valence-corrected chi connectivity index (χ2v) is 8.87. The molecule has 1 saturated heterocycles. The molecule has 0 atom stereocenters. The van der Waals surface area contributed by atoms with Crippen molar-refractivity contribution >= 4 is 17.1 Å². The van der Waals surface area contributed by atoms with Gasteiger partial charge >= 0.3 is 5.69 Å². The van der Waals surface area contributed by atoms with Crippen LogP contribution in [0.5, 0.6) is 0 Å². The van der Waals surface area contributed by atoms with Crippen molar-refractivity contribution in [2.45, 2.75) is 33.4 Å². The van der Waals surface area contributed by atoms with Gasteiger partial charge in [0.05, 0.1) is 0 Å². The molecule has 2 aromatic heterocycles. The van der Waals surface area contributed by atoms with Crippen molar-refractivity contribution < 1.29 is 0 Å². The Morgan fingerprint density at radius 3 is 2.29 bits per heavy atom. The van der Waals surface area contributed by atoms with Crippen molar-refractivity contribution in [3.8, 4) is 0 Å². The Balaban J connectivity index is 1.65. The van der Waals surface area contributed by atoms with Gasteiger partial charge < -0.3 is 9.47 Å². The largest absolute Gasteiger partial charge is 0.340 e. The summed E-state index contributed by atoms with van der Waals surface area (Å²) in [5, 5.41) is 0. The second kappa shape index (κ2) is 8.70. The van der Waals surface area contributed by atoms with Crippen LogP contribution in [-0.2, 0) is 27.2 Å². The maximum atomic E-state index is 13.0. The SMILES string of the molecule is CC(C)CCn1c(N2CCN(Cc3ccccc3)CC2)nc2c1c(=O)n(C)c(=O)n2C. The smallest absolute Gasteiger partial charge is 0.332 e. The molecule has 0 aliphatic carbocycles. The van der Waals surface area contributed by atoms with Gasteiger partial charge in [0.25, 0.3) is 5.56 Å². The number of benzene rings is 1. The number of anilines is 1. The molecule has 3 heterocycles. The second-order valence-electron chi connectivity index (χ2n) is 8.87. The van der Waals surface area contributed by atoms with Gasteiger partial charge in [-0.2, -0.15) is 4.98 Å². The molecule has 166 valence electrons. The summed E-state index contributed by atoms with van der Waals surface area (Å²) in [5.41, 5.74) is 1.69. The molecule has 1 aliphatic rings. The lowest BCUT2D eigenvalue weighted by Gasteiger charge is -2.35. The van der Waals surface area contributed by atoms with Gasteiger partial charge in [-0.05, 0) is 17.9 Å². The van der Waals surface area contributed by atoms with E-state index >= 15 is 0 Å². The lowest BCUT2D eigenvalue weighted by Crippen LogP contribution is -2.47. The summed E-state index contributed by atoms with van der Waals surface area (Å²) in [6.45, 7) is 9.54. The van der Waals surface area contributed by atoms with E-state index in [1.165, 1.54) is 21.7 Å². The minimum absolute atomic E-state index is 0.275. The topological polar surface area (TPSA) is 68.3 Å². The molecule has 0 spiro atoms. The number of hydrogen-bond donors (Lipinski definition) is 0. The van der Waals surface area contributed by atoms with Gasteiger partial charge in [0.15, 0.2) is 11.2 Å². The van der Waals surface area contributed by atoms with Gasteiger partial charge in [-0.3, -0.25) is 18.8 Å². The average molecular weight is 425 g/mol. The first-order valence-electron chi connectivity index (χ1n) is 11.0. The fourth-order valence-electron chi connectivity index (χ4n) is 4.22. The zero-order valence-corrected chi connectivity index (χ0v) is 18.9. The lowest BCUT2D eigenvalue weighted by molar-refractivity contribution is 0.248. The fourth-order valence-corrected chi connectivity index (χ4v) is 4.22. The van der Waals surface area contributed by atoms with E-state index in [-0.39, 0.29) is 11.2 Å². The first-order chi connectivity index (χ1) is 14.9. The van der Waals surface area contributed by atoms with Crippen LogP contribution in [0.15, 0.2) is 39.9 Å². The highest BCUT2D eigenvalue weighted by atomic mass is 16.2. The van der Waals surface area contributed by atoms with E-state index < -0.39 is 0 Å². The molecular formula is C23H32N6O2. The van der Waals surface area contributed by atoms with Gasteiger partial charge in [0.1, 0.15) is 0 Å². The van der Waals surface area contributed by atoms with Crippen molar-refractivity contribution in [3.05, 3.63) is 56.7 Å². The molecule has 0 amide bonds. The Morgan fingerprint density at radius 2 is 1.65 bits per heavy atom. The van der Waals surface area contributed by atoms with Crippen LogP contribution in [0.2, 0.25) is 0 Å². The number of nitrogens with zero attached hydrogens (tertiary/aromatic N) is 6.